The summed E-state index contributed by atoms with van der Waals surface area (Å²) in [5, 5.41) is 3.36. The molecule has 0 radical (unpaired) electrons. The molecule has 0 fully saturated rings. The number of sulfonamides is 1. The molecule has 2 aromatic carbocycles. The predicted molar refractivity (Wildman–Crippen MR) is 121 cm³/mol. The van der Waals surface area contributed by atoms with Crippen molar-refractivity contribution in [3.8, 4) is 5.75 Å². The summed E-state index contributed by atoms with van der Waals surface area (Å²) in [7, 11) is -3.89. The van der Waals surface area contributed by atoms with E-state index in [1.807, 2.05) is 0 Å². The first-order valence-electron chi connectivity index (χ1n) is 10.4. The number of carbonyl (C=O) groups excluding carboxylic acids is 1. The number of nitrogens with zero attached hydrogens (tertiary/aromatic N) is 1. The summed E-state index contributed by atoms with van der Waals surface area (Å²) >= 11 is 5.91. The van der Waals surface area contributed by atoms with Gasteiger partial charge in [-0.05, 0) is 68.5 Å². The van der Waals surface area contributed by atoms with Gasteiger partial charge in [-0.1, -0.05) is 35.4 Å². The van der Waals surface area contributed by atoms with Gasteiger partial charge in [-0.2, -0.15) is 0 Å². The molecule has 0 bridgehead atoms. The smallest absolute Gasteiger partial charge is 0.264 e. The molecule has 1 heterocycles. The second-order valence-electron chi connectivity index (χ2n) is 7.71. The Labute approximate surface area is 187 Å². The number of hydrogen-bond acceptors (Lipinski definition) is 4. The third kappa shape index (κ3) is 4.88. The number of rotatable bonds is 6. The van der Waals surface area contributed by atoms with E-state index in [-0.39, 0.29) is 17.3 Å². The lowest BCUT2D eigenvalue weighted by Gasteiger charge is -2.34. The van der Waals surface area contributed by atoms with Crippen LogP contribution in [0.3, 0.4) is 0 Å². The molecule has 2 aromatic rings. The molecule has 0 aromatic heterocycles. The van der Waals surface area contributed by atoms with E-state index in [2.05, 4.69) is 11.4 Å². The Hall–Kier alpha value is -2.51. The Bertz CT molecular complexity index is 1080. The molecule has 0 saturated carbocycles. The van der Waals surface area contributed by atoms with Crippen LogP contribution < -0.4 is 14.4 Å². The molecule has 2 aliphatic rings. The lowest BCUT2D eigenvalue weighted by Crippen LogP contribution is -2.50. The van der Waals surface area contributed by atoms with E-state index in [0.717, 1.165) is 19.3 Å². The van der Waals surface area contributed by atoms with Crippen LogP contribution in [-0.2, 0) is 14.8 Å². The SMILES string of the molecule is O=C(NCCC1=CCCCC1)C1CN(S(=O)(=O)c2ccc(Cl)cc2)c2ccccc2O1. The number of halogens is 1. The molecule has 1 aliphatic carbocycles. The maximum Gasteiger partial charge on any atom is 0.264 e. The number of nitrogens with one attached hydrogen (secondary N) is 1. The molecule has 6 nitrogen and oxygen atoms in total. The summed E-state index contributed by atoms with van der Waals surface area (Å²) in [4.78, 5) is 12.9. The topological polar surface area (TPSA) is 75.7 Å². The van der Waals surface area contributed by atoms with Crippen molar-refractivity contribution < 1.29 is 17.9 Å². The zero-order valence-electron chi connectivity index (χ0n) is 17.1. The molecule has 1 amide bonds. The first kappa shape index (κ1) is 21.7. The van der Waals surface area contributed by atoms with E-state index < -0.39 is 16.1 Å². The standard InChI is InChI=1S/C23H25ClN2O4S/c24-18-10-12-19(13-11-18)31(28,29)26-16-22(30-21-9-5-4-8-20(21)26)23(27)25-15-14-17-6-2-1-3-7-17/h4-6,8-13,22H,1-3,7,14-16H2,(H,25,27). The summed E-state index contributed by atoms with van der Waals surface area (Å²) in [5.74, 6) is 0.0450. The quantitative estimate of drug-likeness (QED) is 0.652. The number of para-hydroxylation sites is 2. The highest BCUT2D eigenvalue weighted by Gasteiger charge is 2.37. The number of benzene rings is 2. The minimum atomic E-state index is -3.89. The van der Waals surface area contributed by atoms with Gasteiger partial charge in [-0.3, -0.25) is 9.10 Å². The van der Waals surface area contributed by atoms with Gasteiger partial charge in [0.1, 0.15) is 5.75 Å². The zero-order valence-corrected chi connectivity index (χ0v) is 18.7. The summed E-state index contributed by atoms with van der Waals surface area (Å²) in [6.45, 7) is 0.409. The number of ether oxygens (including phenoxy) is 1. The first-order valence-corrected chi connectivity index (χ1v) is 12.3. The van der Waals surface area contributed by atoms with Crippen molar-refractivity contribution in [2.45, 2.75) is 43.1 Å². The van der Waals surface area contributed by atoms with Crippen molar-refractivity contribution in [1.82, 2.24) is 5.32 Å². The van der Waals surface area contributed by atoms with Gasteiger partial charge < -0.3 is 10.1 Å². The number of amides is 1. The lowest BCUT2D eigenvalue weighted by molar-refractivity contribution is -0.127. The molecule has 0 saturated heterocycles. The van der Waals surface area contributed by atoms with Crippen molar-refractivity contribution in [3.05, 3.63) is 65.2 Å². The van der Waals surface area contributed by atoms with Crippen LogP contribution in [0.4, 0.5) is 5.69 Å². The van der Waals surface area contributed by atoms with Crippen molar-refractivity contribution in [2.24, 2.45) is 0 Å². The number of anilines is 1. The molecule has 1 unspecified atom stereocenters. The second kappa shape index (κ2) is 9.32. The van der Waals surface area contributed by atoms with Crippen molar-refractivity contribution in [2.75, 3.05) is 17.4 Å². The van der Waals surface area contributed by atoms with E-state index in [9.17, 15) is 13.2 Å². The van der Waals surface area contributed by atoms with Crippen LogP contribution in [0.2, 0.25) is 5.02 Å². The van der Waals surface area contributed by atoms with Gasteiger partial charge in [0, 0.05) is 11.6 Å². The van der Waals surface area contributed by atoms with Crippen LogP contribution in [0.5, 0.6) is 5.75 Å². The Morgan fingerprint density at radius 2 is 1.90 bits per heavy atom. The number of allylic oxidation sites excluding steroid dienone is 1. The Morgan fingerprint density at radius 3 is 2.65 bits per heavy atom. The zero-order chi connectivity index (χ0) is 21.8. The summed E-state index contributed by atoms with van der Waals surface area (Å²) < 4.78 is 33.8. The summed E-state index contributed by atoms with van der Waals surface area (Å²) in [6.07, 6.45) is 6.73. The van der Waals surface area contributed by atoms with Crippen LogP contribution in [0.25, 0.3) is 0 Å². The molecular formula is C23H25ClN2O4S. The number of fused-ring (bicyclic) bond motifs is 1. The fourth-order valence-corrected chi connectivity index (χ4v) is 5.49. The van der Waals surface area contributed by atoms with Gasteiger partial charge in [0.05, 0.1) is 17.1 Å². The fraction of sp³-hybridized carbons (Fsp3) is 0.348. The Balaban J connectivity index is 1.52. The highest BCUT2D eigenvalue weighted by atomic mass is 35.5. The van der Waals surface area contributed by atoms with Crippen LogP contribution in [-0.4, -0.2) is 33.5 Å². The lowest BCUT2D eigenvalue weighted by atomic mass is 9.97. The van der Waals surface area contributed by atoms with E-state index in [1.54, 1.807) is 24.3 Å². The minimum absolute atomic E-state index is 0.101. The van der Waals surface area contributed by atoms with Gasteiger partial charge >= 0.3 is 0 Å². The third-order valence-electron chi connectivity index (χ3n) is 5.56. The van der Waals surface area contributed by atoms with E-state index in [0.29, 0.717) is 23.0 Å². The van der Waals surface area contributed by atoms with E-state index in [1.165, 1.54) is 47.0 Å². The van der Waals surface area contributed by atoms with Gasteiger partial charge in [-0.15, -0.1) is 0 Å². The highest BCUT2D eigenvalue weighted by Crippen LogP contribution is 2.37. The van der Waals surface area contributed by atoms with Crippen molar-refractivity contribution >= 4 is 33.2 Å². The minimum Gasteiger partial charge on any atom is -0.476 e. The largest absolute Gasteiger partial charge is 0.476 e. The van der Waals surface area contributed by atoms with Crippen molar-refractivity contribution in [3.63, 3.8) is 0 Å². The molecule has 0 spiro atoms. The van der Waals surface area contributed by atoms with Crippen LogP contribution in [0.1, 0.15) is 32.1 Å². The predicted octanol–water partition coefficient (Wildman–Crippen LogP) is 4.30. The van der Waals surface area contributed by atoms with Gasteiger partial charge in [-0.25, -0.2) is 8.42 Å². The molecule has 4 rings (SSSR count). The maximum absolute atomic E-state index is 13.3. The highest BCUT2D eigenvalue weighted by molar-refractivity contribution is 7.92. The van der Waals surface area contributed by atoms with Crippen LogP contribution in [0.15, 0.2) is 65.1 Å². The normalized spacial score (nSPS) is 18.5. The van der Waals surface area contributed by atoms with Crippen molar-refractivity contribution in [1.29, 1.82) is 0 Å². The summed E-state index contributed by atoms with van der Waals surface area (Å²) in [6, 6.07) is 12.8. The molecule has 31 heavy (non-hydrogen) atoms. The molecule has 1 N–H and O–H groups in total. The van der Waals surface area contributed by atoms with Gasteiger partial charge in [0.25, 0.3) is 15.9 Å². The molecule has 8 heteroatoms. The summed E-state index contributed by atoms with van der Waals surface area (Å²) in [5.41, 5.74) is 1.78. The molecule has 164 valence electrons. The maximum atomic E-state index is 13.3. The van der Waals surface area contributed by atoms with Crippen LogP contribution >= 0.6 is 11.6 Å². The van der Waals surface area contributed by atoms with Gasteiger partial charge in [0.15, 0.2) is 6.10 Å². The first-order chi connectivity index (χ1) is 14.9. The van der Waals surface area contributed by atoms with E-state index in [4.69, 9.17) is 16.3 Å². The monoisotopic (exact) mass is 460 g/mol. The third-order valence-corrected chi connectivity index (χ3v) is 7.61. The average molecular weight is 461 g/mol. The molecular weight excluding hydrogens is 436 g/mol. The Morgan fingerprint density at radius 1 is 1.13 bits per heavy atom. The molecule has 1 aliphatic heterocycles. The number of hydrogen-bond donors (Lipinski definition) is 1. The average Bonchev–Trinajstić information content (AvgIpc) is 2.79. The Kier molecular flexibility index (Phi) is 6.53. The number of carbonyl (C=O) groups is 1. The van der Waals surface area contributed by atoms with Gasteiger partial charge in [0.2, 0.25) is 0 Å². The van der Waals surface area contributed by atoms with E-state index >= 15 is 0 Å². The molecule has 1 atom stereocenters. The fourth-order valence-electron chi connectivity index (χ4n) is 3.89. The second-order valence-corrected chi connectivity index (χ2v) is 10.0. The van der Waals surface area contributed by atoms with Crippen LogP contribution in [0, 0.1) is 0 Å².